The Morgan fingerprint density at radius 1 is 0.386 bits per heavy atom. The Morgan fingerprint density at radius 3 is 1.02 bits per heavy atom. The number of carbonyl (C=O) groups excluding carboxylic acids is 1. The summed E-state index contributed by atoms with van der Waals surface area (Å²) in [5.41, 5.74) is 6.53. The minimum Gasteiger partial charge on any atom is -0.392 e. The van der Waals surface area contributed by atoms with E-state index in [2.05, 4.69) is 25.5 Å². The molecular formula is C93H105F18N11O14S4. The van der Waals surface area contributed by atoms with E-state index in [-0.39, 0.29) is 112 Å². The molecule has 5 atom stereocenters. The Bertz CT molecular complexity index is 6230. The lowest BCUT2D eigenvalue weighted by Gasteiger charge is -2.16. The van der Waals surface area contributed by atoms with Crippen molar-refractivity contribution in [3.63, 3.8) is 0 Å². The van der Waals surface area contributed by atoms with E-state index in [1.165, 1.54) is 51.0 Å². The highest BCUT2D eigenvalue weighted by Crippen LogP contribution is 2.45. The number of fused-ring (bicyclic) bond motifs is 5. The normalized spacial score (nSPS) is 17.8. The van der Waals surface area contributed by atoms with Gasteiger partial charge in [0.1, 0.15) is 5.69 Å². The van der Waals surface area contributed by atoms with Gasteiger partial charge < -0.3 is 25.5 Å². The zero-order chi connectivity index (χ0) is 103. The lowest BCUT2D eigenvalue weighted by molar-refractivity contribution is -0.171. The van der Waals surface area contributed by atoms with E-state index in [9.17, 15) is 117 Å². The third-order valence-corrected chi connectivity index (χ3v) is 34.6. The summed E-state index contributed by atoms with van der Waals surface area (Å²) in [5, 5.41) is 62.7. The zero-order valence-corrected chi connectivity index (χ0v) is 79.8. The Labute approximate surface area is 795 Å². The summed E-state index contributed by atoms with van der Waals surface area (Å²) in [7, 11) is -9.62. The van der Waals surface area contributed by atoms with Gasteiger partial charge in [-0.3, -0.25) is 28.2 Å². The fourth-order valence-corrected chi connectivity index (χ4v) is 24.0. The molecule has 5 aromatic heterocycles. The van der Waals surface area contributed by atoms with Crippen molar-refractivity contribution in [2.24, 2.45) is 5.92 Å². The maximum Gasteiger partial charge on any atom is 0.449 e. The number of hydrogen-bond acceptors (Lipinski definition) is 19. The summed E-state index contributed by atoms with van der Waals surface area (Å²) in [4.78, 5) is 11.2. The number of aryl methyl sites for hydroxylation is 4. The predicted octanol–water partition coefficient (Wildman–Crippen LogP) is 15.7. The van der Waals surface area contributed by atoms with Gasteiger partial charge in [-0.25, -0.2) is 38.0 Å². The van der Waals surface area contributed by atoms with Crippen molar-refractivity contribution in [1.29, 1.82) is 0 Å². The first-order valence-electron chi connectivity index (χ1n) is 44.6. The SMILES string of the molecule is CC(C)S(=O)(=O)CC1CCc2cc(Cn3cc(CO)c(C(F)(F)F)n3)ccc21.CC(C)S(=O)(=O)C[C@H]1Cc2ccc(Cn3ncc(CO)c3C(F)(F)F)cc2C1.CN(C)S(=O)(=O)CC1CCc2cc(Cn3cc(CO)c(C(F)(F)F)n3)ccc21.O=C(CC1CCc2cc(Cn3cc(CO)c(C(F)(F)F)n3)ccc21)C(F)(F)F.O=S(=O)(CC1CCc2cc(Cn3cc(CO)c(C(F)(F)F)n3)ccc21)C1CC1. The highest BCUT2D eigenvalue weighted by Gasteiger charge is 2.46. The maximum atomic E-state index is 13.3. The first-order chi connectivity index (χ1) is 65.2. The Morgan fingerprint density at radius 2 is 0.700 bits per heavy atom. The monoisotopic (exact) mass is 2070 g/mol. The molecule has 6 aliphatic rings. The average molecular weight is 2070 g/mol. The minimum absolute atomic E-state index is 0.00261. The standard InChI is InChI=1S/C19H21F3N2O3S.2C19H23F3N2O3S.C18H16F6N2O2.C18H22F3N3O3S/c20-19(21,22)18-15(10-25)9-24(23-18)8-12-1-6-17-13(7-12)2-3-14(17)11-28(26,27)16-4-5-16;1-12(2)28(26,27)11-15-5-4-14-7-13(3-6-17(14)15)8-24-9-16(10-25)18(23-24)19(20,21)22;1-12(2)28(26,27)11-14-6-15-4-3-13(5-16(15)7-14)9-24-18(19(20,21)22)17(10-25)8-23-24;19-17(20,21)15(28)6-12-3-2-11-5-10(1-4-14(11)12)7-26-8-13(9-27)16(25-26)18(22,23)24;1-23(2)28(26,27)11-14-5-4-13-7-12(3-6-16(13)14)8-24-9-15(10-25)17(22-24)18(19,20)21/h1,6-7,9,14,16,25H,2-5,8,10-11H2;3,6-7,9,12,15,25H,4-5,8,10-11H2,1-2H3;3-5,8,12,14,25H,6-7,9-11H2,1-2H3;1,4-5,8,12,27H,2-3,6-7,9H2;3,6-7,9,14,25H,4-5,8,10-11H2,1-2H3/t;;14-;;/m..0../s1. The largest absolute Gasteiger partial charge is 0.449 e. The number of hydrogen-bond donors (Lipinski definition) is 5. The molecule has 6 aliphatic carbocycles. The van der Waals surface area contributed by atoms with Crippen molar-refractivity contribution in [2.45, 2.75) is 253 Å². The lowest BCUT2D eigenvalue weighted by Crippen LogP contribution is -2.27. The second kappa shape index (κ2) is 43.0. The fourth-order valence-electron chi connectivity index (χ4n) is 18.2. The lowest BCUT2D eigenvalue weighted by atomic mass is 9.94. The highest BCUT2D eigenvalue weighted by atomic mass is 32.2. The van der Waals surface area contributed by atoms with Crippen LogP contribution in [0.5, 0.6) is 0 Å². The number of aliphatic hydroxyl groups is 5. The molecule has 4 unspecified atom stereocenters. The van der Waals surface area contributed by atoms with Crippen LogP contribution in [0, 0.1) is 5.92 Å². The number of sulfone groups is 3. The topological polar surface area (TPSA) is 347 Å². The molecule has 0 saturated heterocycles. The molecule has 47 heteroatoms. The van der Waals surface area contributed by atoms with Crippen LogP contribution in [0.1, 0.15) is 236 Å². The van der Waals surface area contributed by atoms with Crippen molar-refractivity contribution in [2.75, 3.05) is 37.1 Å². The Kier molecular flexibility index (Phi) is 33.4. The van der Waals surface area contributed by atoms with Gasteiger partial charge in [-0.15, -0.1) is 0 Å². The van der Waals surface area contributed by atoms with Crippen LogP contribution in [0.3, 0.4) is 0 Å². The molecule has 0 spiro atoms. The zero-order valence-electron chi connectivity index (χ0n) is 76.5. The van der Waals surface area contributed by atoms with Crippen LogP contribution in [0.25, 0.3) is 0 Å². The Hall–Kier alpha value is -9.88. The number of aliphatic hydroxyl groups excluding tert-OH is 5. The molecule has 1 saturated carbocycles. The average Bonchev–Trinajstić information content (AvgIpc) is 1.63. The van der Waals surface area contributed by atoms with Gasteiger partial charge in [0.2, 0.25) is 15.8 Å². The highest BCUT2D eigenvalue weighted by molar-refractivity contribution is 7.92. The van der Waals surface area contributed by atoms with Crippen molar-refractivity contribution in [3.8, 4) is 0 Å². The molecule has 1 fully saturated rings. The van der Waals surface area contributed by atoms with Crippen LogP contribution in [0.2, 0.25) is 0 Å². The molecule has 5 N–H and O–H groups in total. The molecule has 5 heterocycles. The molecule has 0 aliphatic heterocycles. The van der Waals surface area contributed by atoms with Crippen LogP contribution in [-0.2, 0) is 179 Å². The Balaban J connectivity index is 0.000000157. The number of nitrogens with zero attached hydrogens (tertiary/aromatic N) is 11. The summed E-state index contributed by atoms with van der Waals surface area (Å²) in [5.74, 6) is -1.96. The van der Waals surface area contributed by atoms with Crippen molar-refractivity contribution < 1.29 is 143 Å². The van der Waals surface area contributed by atoms with Crippen LogP contribution in [-0.4, -0.2) is 177 Å². The van der Waals surface area contributed by atoms with Crippen LogP contribution in [0.4, 0.5) is 79.0 Å². The predicted molar refractivity (Wildman–Crippen MR) is 476 cm³/mol. The number of Topliss-reactive ketones (excluding diaryl/α,β-unsaturated/α-hetero) is 1. The molecule has 0 bridgehead atoms. The van der Waals surface area contributed by atoms with Crippen molar-refractivity contribution >= 4 is 45.3 Å². The van der Waals surface area contributed by atoms with Crippen LogP contribution >= 0.6 is 0 Å². The number of rotatable bonds is 29. The van der Waals surface area contributed by atoms with Gasteiger partial charge in [0.25, 0.3) is 0 Å². The first kappa shape index (κ1) is 109. The summed E-state index contributed by atoms with van der Waals surface area (Å²) < 4.78 is 337. The van der Waals surface area contributed by atoms with E-state index >= 15 is 0 Å². The van der Waals surface area contributed by atoms with E-state index in [0.29, 0.717) is 42.4 Å². The first-order valence-corrected chi connectivity index (χ1v) is 51.4. The fraction of sp³-hybridized carbons (Fsp3) is 0.505. The smallest absolute Gasteiger partial charge is 0.392 e. The number of halogens is 18. The summed E-state index contributed by atoms with van der Waals surface area (Å²) in [6, 6.07) is 27.1. The molecule has 0 amide bonds. The van der Waals surface area contributed by atoms with Gasteiger partial charge in [-0.05, 0) is 218 Å². The number of carbonyl (C=O) groups is 1. The summed E-state index contributed by atoms with van der Waals surface area (Å²) in [6.45, 7) is 3.34. The quantitative estimate of drug-likeness (QED) is 0.0272. The van der Waals surface area contributed by atoms with E-state index in [1.807, 2.05) is 54.6 Å². The molecule has 16 rings (SSSR count). The molecule has 10 aromatic rings. The molecule has 5 aromatic carbocycles. The molecule has 766 valence electrons. The number of alkyl halides is 18. The third kappa shape index (κ3) is 27.0. The van der Waals surface area contributed by atoms with E-state index in [0.717, 1.165) is 140 Å². The second-order valence-electron chi connectivity index (χ2n) is 36.7. The van der Waals surface area contributed by atoms with Gasteiger partial charge in [0, 0.05) is 73.1 Å². The number of ketones is 1. The number of aromatic nitrogens is 10. The van der Waals surface area contributed by atoms with Crippen molar-refractivity contribution in [3.05, 3.63) is 262 Å². The molecule has 140 heavy (non-hydrogen) atoms. The van der Waals surface area contributed by atoms with Gasteiger partial charge in [-0.2, -0.15) is 105 Å². The maximum absolute atomic E-state index is 13.3. The molecular weight excluding hydrogens is 1970 g/mol. The molecule has 0 radical (unpaired) electrons. The van der Waals surface area contributed by atoms with Crippen LogP contribution in [0.15, 0.2) is 122 Å². The van der Waals surface area contributed by atoms with E-state index in [1.54, 1.807) is 64.1 Å². The summed E-state index contributed by atoms with van der Waals surface area (Å²) >= 11 is 0. The van der Waals surface area contributed by atoms with Gasteiger partial charge in [0.05, 0.1) is 111 Å². The third-order valence-electron chi connectivity index (χ3n) is 25.6. The van der Waals surface area contributed by atoms with E-state index < -0.39 is 167 Å². The van der Waals surface area contributed by atoms with Crippen LogP contribution < -0.4 is 0 Å². The van der Waals surface area contributed by atoms with Crippen molar-refractivity contribution in [1.82, 2.24) is 53.2 Å². The molecule has 25 nitrogen and oxygen atoms in total. The minimum atomic E-state index is -4.86. The number of sulfonamides is 1. The van der Waals surface area contributed by atoms with E-state index in [4.69, 9.17) is 25.5 Å². The van der Waals surface area contributed by atoms with Gasteiger partial charge in [-0.1, -0.05) is 91.0 Å². The van der Waals surface area contributed by atoms with Gasteiger partial charge >= 0.3 is 37.1 Å². The summed E-state index contributed by atoms with van der Waals surface area (Å²) in [6.07, 6.45) is -14.7. The second-order valence-corrected chi connectivity index (χ2v) is 46.4. The number of benzene rings is 5. The van der Waals surface area contributed by atoms with Gasteiger partial charge in [0.15, 0.2) is 52.3 Å².